The van der Waals surface area contributed by atoms with Gasteiger partial charge in [0.05, 0.1) is 18.4 Å². The van der Waals surface area contributed by atoms with E-state index in [9.17, 15) is 0 Å². The lowest BCUT2D eigenvalue weighted by Gasteiger charge is -2.38. The van der Waals surface area contributed by atoms with Gasteiger partial charge < -0.3 is 14.1 Å². The summed E-state index contributed by atoms with van der Waals surface area (Å²) in [7, 11) is 0. The highest BCUT2D eigenvalue weighted by atomic mass is 16.5. The number of ether oxygens (including phenoxy) is 1. The second kappa shape index (κ2) is 10.4. The maximum absolute atomic E-state index is 6.21. The average molecular weight is 359 g/mol. The smallest absolute Gasteiger partial charge is 0.199 e. The molecule has 0 bridgehead atoms. The second-order valence-corrected chi connectivity index (χ2v) is 7.12. The standard InChI is InChI=1S/C22H34N2O2/c1-6-23(7-2)21(19(5)26-17-18(3)4)16-24(22-14-11-15-25-22)20-12-9-8-10-13-20/h8-15,18-19,21H,6-7,16-17H2,1-5H3. The third-order valence-corrected chi connectivity index (χ3v) is 4.73. The van der Waals surface area contributed by atoms with Gasteiger partial charge in [-0.3, -0.25) is 4.90 Å². The van der Waals surface area contributed by atoms with Crippen LogP contribution in [0.25, 0.3) is 0 Å². The number of likely N-dealkylation sites (N-methyl/N-ethyl adjacent to an activating group) is 1. The first-order valence-electron chi connectivity index (χ1n) is 9.78. The van der Waals surface area contributed by atoms with Crippen LogP contribution < -0.4 is 4.90 Å². The van der Waals surface area contributed by atoms with Crippen LogP contribution in [0.4, 0.5) is 11.6 Å². The van der Waals surface area contributed by atoms with Crippen LogP contribution in [0.5, 0.6) is 0 Å². The summed E-state index contributed by atoms with van der Waals surface area (Å²) < 4.78 is 11.9. The summed E-state index contributed by atoms with van der Waals surface area (Å²) in [5.41, 5.74) is 1.13. The van der Waals surface area contributed by atoms with Crippen LogP contribution in [0, 0.1) is 5.92 Å². The van der Waals surface area contributed by atoms with Crippen molar-refractivity contribution in [3.05, 3.63) is 48.7 Å². The van der Waals surface area contributed by atoms with Gasteiger partial charge in [0.15, 0.2) is 5.88 Å². The molecule has 0 radical (unpaired) electrons. The Morgan fingerprint density at radius 2 is 1.65 bits per heavy atom. The van der Waals surface area contributed by atoms with Crippen LogP contribution in [0.15, 0.2) is 53.1 Å². The largest absolute Gasteiger partial charge is 0.448 e. The van der Waals surface area contributed by atoms with Gasteiger partial charge in [-0.15, -0.1) is 0 Å². The number of anilines is 2. The van der Waals surface area contributed by atoms with Gasteiger partial charge in [-0.2, -0.15) is 0 Å². The Morgan fingerprint density at radius 1 is 0.962 bits per heavy atom. The van der Waals surface area contributed by atoms with Gasteiger partial charge in [0, 0.05) is 24.9 Å². The highest BCUT2D eigenvalue weighted by molar-refractivity contribution is 5.58. The molecule has 2 unspecified atom stereocenters. The van der Waals surface area contributed by atoms with Crippen molar-refractivity contribution in [2.75, 3.05) is 31.1 Å². The molecule has 0 saturated heterocycles. The van der Waals surface area contributed by atoms with Gasteiger partial charge in [0.1, 0.15) is 0 Å². The number of furan rings is 1. The second-order valence-electron chi connectivity index (χ2n) is 7.12. The molecule has 2 aromatic rings. The lowest BCUT2D eigenvalue weighted by molar-refractivity contribution is -0.00954. The van der Waals surface area contributed by atoms with E-state index in [4.69, 9.17) is 9.15 Å². The maximum Gasteiger partial charge on any atom is 0.199 e. The molecule has 4 nitrogen and oxygen atoms in total. The third kappa shape index (κ3) is 5.61. The van der Waals surface area contributed by atoms with Gasteiger partial charge in [-0.05, 0) is 44.1 Å². The first-order chi connectivity index (χ1) is 12.6. The average Bonchev–Trinajstić information content (AvgIpc) is 3.18. The minimum atomic E-state index is 0.137. The molecule has 0 amide bonds. The molecule has 2 atom stereocenters. The van der Waals surface area contributed by atoms with Crippen molar-refractivity contribution in [3.63, 3.8) is 0 Å². The maximum atomic E-state index is 6.21. The van der Waals surface area contributed by atoms with Crippen molar-refractivity contribution in [1.29, 1.82) is 0 Å². The lowest BCUT2D eigenvalue weighted by Crippen LogP contribution is -2.50. The van der Waals surface area contributed by atoms with E-state index in [1.54, 1.807) is 6.26 Å². The van der Waals surface area contributed by atoms with E-state index >= 15 is 0 Å². The third-order valence-electron chi connectivity index (χ3n) is 4.73. The summed E-state index contributed by atoms with van der Waals surface area (Å²) in [5, 5.41) is 0. The summed E-state index contributed by atoms with van der Waals surface area (Å²) in [6.07, 6.45) is 1.87. The highest BCUT2D eigenvalue weighted by Crippen LogP contribution is 2.27. The SMILES string of the molecule is CCN(CC)C(CN(c1ccccc1)c1ccco1)C(C)OCC(C)C. The molecule has 0 fully saturated rings. The van der Waals surface area contributed by atoms with E-state index in [0.717, 1.165) is 37.8 Å². The summed E-state index contributed by atoms with van der Waals surface area (Å²) >= 11 is 0. The zero-order chi connectivity index (χ0) is 18.9. The fourth-order valence-corrected chi connectivity index (χ4v) is 3.25. The van der Waals surface area contributed by atoms with E-state index in [1.165, 1.54) is 0 Å². The predicted molar refractivity (Wildman–Crippen MR) is 109 cm³/mol. The fraction of sp³-hybridized carbons (Fsp3) is 0.545. The van der Waals surface area contributed by atoms with Crippen LogP contribution in [0.1, 0.15) is 34.6 Å². The molecule has 144 valence electrons. The Bertz CT molecular complexity index is 594. The molecule has 2 rings (SSSR count). The zero-order valence-electron chi connectivity index (χ0n) is 16.9. The van der Waals surface area contributed by atoms with Crippen molar-refractivity contribution in [2.24, 2.45) is 5.92 Å². The highest BCUT2D eigenvalue weighted by Gasteiger charge is 2.27. The number of rotatable bonds is 11. The number of para-hydroxylation sites is 1. The van der Waals surface area contributed by atoms with E-state index in [2.05, 4.69) is 68.7 Å². The zero-order valence-corrected chi connectivity index (χ0v) is 16.9. The lowest BCUT2D eigenvalue weighted by atomic mass is 10.1. The van der Waals surface area contributed by atoms with E-state index in [0.29, 0.717) is 5.92 Å². The van der Waals surface area contributed by atoms with Crippen LogP contribution >= 0.6 is 0 Å². The predicted octanol–water partition coefficient (Wildman–Crippen LogP) is 5.19. The summed E-state index contributed by atoms with van der Waals surface area (Å²) in [5.74, 6) is 1.40. The summed E-state index contributed by atoms with van der Waals surface area (Å²) in [6, 6.07) is 14.7. The van der Waals surface area contributed by atoms with Gasteiger partial charge in [0.2, 0.25) is 0 Å². The van der Waals surface area contributed by atoms with Gasteiger partial charge in [0.25, 0.3) is 0 Å². The summed E-state index contributed by atoms with van der Waals surface area (Å²) in [4.78, 5) is 4.72. The van der Waals surface area contributed by atoms with Crippen molar-refractivity contribution >= 4 is 11.6 Å². The molecule has 0 saturated carbocycles. The minimum absolute atomic E-state index is 0.137. The quantitative estimate of drug-likeness (QED) is 0.553. The fourth-order valence-electron chi connectivity index (χ4n) is 3.25. The van der Waals surface area contributed by atoms with Crippen LogP contribution in [0.3, 0.4) is 0 Å². The molecule has 1 aromatic heterocycles. The molecular weight excluding hydrogens is 324 g/mol. The van der Waals surface area contributed by atoms with E-state index in [1.807, 2.05) is 18.2 Å². The van der Waals surface area contributed by atoms with Gasteiger partial charge >= 0.3 is 0 Å². The molecule has 0 spiro atoms. The van der Waals surface area contributed by atoms with Crippen molar-refractivity contribution in [1.82, 2.24) is 4.90 Å². The Kier molecular flexibility index (Phi) is 8.20. The first kappa shape index (κ1) is 20.5. The molecule has 0 aliphatic carbocycles. The normalized spacial score (nSPS) is 14.0. The van der Waals surface area contributed by atoms with E-state index in [-0.39, 0.29) is 12.1 Å². The minimum Gasteiger partial charge on any atom is -0.448 e. The molecular formula is C22H34N2O2. The summed E-state index contributed by atoms with van der Waals surface area (Å²) in [6.45, 7) is 14.6. The van der Waals surface area contributed by atoms with Gasteiger partial charge in [-0.25, -0.2) is 0 Å². The molecule has 0 aliphatic heterocycles. The molecule has 1 aromatic carbocycles. The van der Waals surface area contributed by atoms with Crippen molar-refractivity contribution in [3.8, 4) is 0 Å². The Morgan fingerprint density at radius 3 is 2.19 bits per heavy atom. The number of hydrogen-bond acceptors (Lipinski definition) is 4. The van der Waals surface area contributed by atoms with Crippen LogP contribution in [-0.2, 0) is 4.74 Å². The van der Waals surface area contributed by atoms with Gasteiger partial charge in [-0.1, -0.05) is 45.9 Å². The molecule has 0 aliphatic rings. The van der Waals surface area contributed by atoms with Crippen molar-refractivity contribution < 1.29 is 9.15 Å². The molecule has 4 heteroatoms. The molecule has 26 heavy (non-hydrogen) atoms. The number of benzene rings is 1. The topological polar surface area (TPSA) is 28.9 Å². The van der Waals surface area contributed by atoms with Crippen LogP contribution in [0.2, 0.25) is 0 Å². The molecule has 1 heterocycles. The van der Waals surface area contributed by atoms with Crippen LogP contribution in [-0.4, -0.2) is 43.3 Å². The van der Waals surface area contributed by atoms with Crippen molar-refractivity contribution in [2.45, 2.75) is 46.8 Å². The van der Waals surface area contributed by atoms with E-state index < -0.39 is 0 Å². The Hall–Kier alpha value is -1.78. The number of nitrogens with zero attached hydrogens (tertiary/aromatic N) is 2. The Balaban J connectivity index is 2.26. The monoisotopic (exact) mass is 358 g/mol. The molecule has 0 N–H and O–H groups in total. The number of hydrogen-bond donors (Lipinski definition) is 0. The Labute approximate surface area is 158 Å². The first-order valence-corrected chi connectivity index (χ1v) is 9.78.